The monoisotopic (exact) mass is 285 g/mol. The number of ether oxygens (including phenoxy) is 1. The molecule has 4 heteroatoms. The number of benzene rings is 1. The van der Waals surface area contributed by atoms with Crippen LogP contribution in [0.5, 0.6) is 5.75 Å². The Labute approximate surface area is 125 Å². The molecule has 0 spiro atoms. The molecule has 0 atom stereocenters. The molecule has 0 radical (unpaired) electrons. The Bertz CT molecular complexity index is 616. The minimum absolute atomic E-state index is 0.165. The normalized spacial score (nSPS) is 15.9. The third-order valence-electron chi connectivity index (χ3n) is 4.25. The van der Waals surface area contributed by atoms with Gasteiger partial charge in [-0.25, -0.2) is 4.68 Å². The van der Waals surface area contributed by atoms with Crippen molar-refractivity contribution < 1.29 is 4.74 Å². The highest BCUT2D eigenvalue weighted by molar-refractivity contribution is 5.51. The number of nitrogens with zero attached hydrogens (tertiary/aromatic N) is 2. The zero-order chi connectivity index (χ0) is 14.9. The molecule has 0 fully saturated rings. The zero-order valence-electron chi connectivity index (χ0n) is 12.8. The molecule has 0 saturated carbocycles. The van der Waals surface area contributed by atoms with Crippen LogP contribution in [0.2, 0.25) is 0 Å². The summed E-state index contributed by atoms with van der Waals surface area (Å²) in [6.07, 6.45) is 3.09. The van der Waals surface area contributed by atoms with E-state index in [9.17, 15) is 0 Å². The van der Waals surface area contributed by atoms with Crippen LogP contribution in [0.15, 0.2) is 30.3 Å². The summed E-state index contributed by atoms with van der Waals surface area (Å²) in [5, 5.41) is 4.67. The first-order chi connectivity index (χ1) is 10.1. The topological polar surface area (TPSA) is 53.1 Å². The molecule has 112 valence electrons. The second kappa shape index (κ2) is 5.43. The lowest BCUT2D eigenvalue weighted by atomic mass is 9.87. The van der Waals surface area contributed by atoms with Crippen LogP contribution in [-0.2, 0) is 18.4 Å². The summed E-state index contributed by atoms with van der Waals surface area (Å²) in [5.41, 5.74) is 8.89. The summed E-state index contributed by atoms with van der Waals surface area (Å²) < 4.78 is 7.65. The number of anilines is 1. The van der Waals surface area contributed by atoms with Crippen molar-refractivity contribution in [2.45, 2.75) is 45.1 Å². The lowest BCUT2D eigenvalue weighted by molar-refractivity contribution is 0.299. The zero-order valence-corrected chi connectivity index (χ0v) is 12.8. The number of hydrogen-bond donors (Lipinski definition) is 1. The molecule has 1 aromatic carbocycles. The fourth-order valence-corrected chi connectivity index (χ4v) is 3.09. The van der Waals surface area contributed by atoms with Crippen LogP contribution >= 0.6 is 0 Å². The van der Waals surface area contributed by atoms with E-state index in [2.05, 4.69) is 18.9 Å². The number of aryl methyl sites for hydroxylation is 2. The van der Waals surface area contributed by atoms with Crippen LogP contribution in [0, 0.1) is 0 Å². The maximum Gasteiger partial charge on any atom is 0.125 e. The third kappa shape index (κ3) is 2.75. The molecule has 1 aliphatic rings. The van der Waals surface area contributed by atoms with Crippen molar-refractivity contribution >= 4 is 5.82 Å². The highest BCUT2D eigenvalue weighted by Gasteiger charge is 2.35. The molecule has 1 aliphatic carbocycles. The second-order valence-electron chi connectivity index (χ2n) is 6.33. The van der Waals surface area contributed by atoms with Crippen molar-refractivity contribution in [3.63, 3.8) is 0 Å². The number of rotatable bonds is 5. The first-order valence-corrected chi connectivity index (χ1v) is 7.61. The van der Waals surface area contributed by atoms with E-state index in [1.165, 1.54) is 11.3 Å². The van der Waals surface area contributed by atoms with Crippen LogP contribution < -0.4 is 10.5 Å². The second-order valence-corrected chi connectivity index (χ2v) is 6.33. The Morgan fingerprint density at radius 1 is 1.29 bits per heavy atom. The van der Waals surface area contributed by atoms with Crippen molar-refractivity contribution in [3.8, 4) is 5.75 Å². The van der Waals surface area contributed by atoms with E-state index in [4.69, 9.17) is 10.5 Å². The Morgan fingerprint density at radius 3 is 2.76 bits per heavy atom. The standard InChI is InChI=1S/C17H23N3O/c1-17(2)10-9-14-15(17)16(18)20(19-14)11-6-12-21-13-7-4-3-5-8-13/h3-5,7-8H,6,9-12,18H2,1-2H3. The molecule has 2 N–H and O–H groups in total. The van der Waals surface area contributed by atoms with Crippen molar-refractivity contribution in [3.05, 3.63) is 41.6 Å². The molecule has 0 unspecified atom stereocenters. The van der Waals surface area contributed by atoms with Gasteiger partial charge in [0, 0.05) is 18.5 Å². The van der Waals surface area contributed by atoms with Gasteiger partial charge in [-0.2, -0.15) is 5.10 Å². The van der Waals surface area contributed by atoms with Crippen molar-refractivity contribution in [2.75, 3.05) is 12.3 Å². The number of hydrogen-bond acceptors (Lipinski definition) is 3. The first-order valence-electron chi connectivity index (χ1n) is 7.61. The van der Waals surface area contributed by atoms with E-state index in [-0.39, 0.29) is 5.41 Å². The summed E-state index contributed by atoms with van der Waals surface area (Å²) >= 11 is 0. The van der Waals surface area contributed by atoms with Gasteiger partial charge < -0.3 is 10.5 Å². The summed E-state index contributed by atoms with van der Waals surface area (Å²) in [7, 11) is 0. The summed E-state index contributed by atoms with van der Waals surface area (Å²) in [5.74, 6) is 1.75. The van der Waals surface area contributed by atoms with E-state index < -0.39 is 0 Å². The average molecular weight is 285 g/mol. The molecule has 4 nitrogen and oxygen atoms in total. The summed E-state index contributed by atoms with van der Waals surface area (Å²) in [6.45, 7) is 5.98. The van der Waals surface area contributed by atoms with Crippen molar-refractivity contribution in [2.24, 2.45) is 0 Å². The van der Waals surface area contributed by atoms with Crippen LogP contribution in [0.25, 0.3) is 0 Å². The van der Waals surface area contributed by atoms with Gasteiger partial charge in [0.05, 0.1) is 12.3 Å². The van der Waals surface area contributed by atoms with E-state index in [1.807, 2.05) is 35.0 Å². The van der Waals surface area contributed by atoms with Crippen molar-refractivity contribution in [1.82, 2.24) is 9.78 Å². The third-order valence-corrected chi connectivity index (χ3v) is 4.25. The van der Waals surface area contributed by atoms with Crippen LogP contribution in [0.4, 0.5) is 5.82 Å². The molecule has 2 aromatic rings. The number of fused-ring (bicyclic) bond motifs is 1. The van der Waals surface area contributed by atoms with Gasteiger partial charge in [-0.1, -0.05) is 32.0 Å². The van der Waals surface area contributed by atoms with Gasteiger partial charge in [-0.15, -0.1) is 0 Å². The number of nitrogens with two attached hydrogens (primary N) is 1. The molecular weight excluding hydrogens is 262 g/mol. The Balaban J connectivity index is 1.57. The molecule has 3 rings (SSSR count). The van der Waals surface area contributed by atoms with Crippen LogP contribution in [0.3, 0.4) is 0 Å². The minimum atomic E-state index is 0.165. The Kier molecular flexibility index (Phi) is 3.62. The molecule has 1 heterocycles. The largest absolute Gasteiger partial charge is 0.494 e. The van der Waals surface area contributed by atoms with E-state index in [0.29, 0.717) is 6.61 Å². The van der Waals surface area contributed by atoms with E-state index in [0.717, 1.165) is 37.4 Å². The Hall–Kier alpha value is -1.97. The predicted molar refractivity (Wildman–Crippen MR) is 84.5 cm³/mol. The molecule has 0 aliphatic heterocycles. The van der Waals surface area contributed by atoms with Gasteiger partial charge in [-0.3, -0.25) is 0 Å². The molecule has 0 saturated heterocycles. The van der Waals surface area contributed by atoms with Gasteiger partial charge in [0.15, 0.2) is 0 Å². The van der Waals surface area contributed by atoms with Gasteiger partial charge >= 0.3 is 0 Å². The smallest absolute Gasteiger partial charge is 0.125 e. The molecule has 0 bridgehead atoms. The molecule has 1 aromatic heterocycles. The van der Waals surface area contributed by atoms with E-state index >= 15 is 0 Å². The first kappa shape index (κ1) is 14.0. The van der Waals surface area contributed by atoms with Crippen molar-refractivity contribution in [1.29, 1.82) is 0 Å². The fraction of sp³-hybridized carbons (Fsp3) is 0.471. The molecule has 0 amide bonds. The van der Waals surface area contributed by atoms with Gasteiger partial charge in [0.2, 0.25) is 0 Å². The highest BCUT2D eigenvalue weighted by atomic mass is 16.5. The highest BCUT2D eigenvalue weighted by Crippen LogP contribution is 2.41. The lowest BCUT2D eigenvalue weighted by Gasteiger charge is -2.18. The van der Waals surface area contributed by atoms with E-state index in [1.54, 1.807) is 0 Å². The molecular formula is C17H23N3O. The average Bonchev–Trinajstić information content (AvgIpc) is 2.95. The maximum absolute atomic E-state index is 6.28. The number of nitrogen functional groups attached to an aromatic ring is 1. The summed E-state index contributed by atoms with van der Waals surface area (Å²) in [4.78, 5) is 0. The fourth-order valence-electron chi connectivity index (χ4n) is 3.09. The Morgan fingerprint density at radius 2 is 2.05 bits per heavy atom. The van der Waals surface area contributed by atoms with Crippen LogP contribution in [0.1, 0.15) is 37.9 Å². The summed E-state index contributed by atoms with van der Waals surface area (Å²) in [6, 6.07) is 9.89. The predicted octanol–water partition coefficient (Wildman–Crippen LogP) is 3.16. The quantitative estimate of drug-likeness (QED) is 0.859. The van der Waals surface area contributed by atoms with Gasteiger partial charge in [-0.05, 0) is 30.4 Å². The lowest BCUT2D eigenvalue weighted by Crippen LogP contribution is -2.16. The van der Waals surface area contributed by atoms with Gasteiger partial charge in [0.1, 0.15) is 11.6 Å². The number of aromatic nitrogens is 2. The minimum Gasteiger partial charge on any atom is -0.494 e. The maximum atomic E-state index is 6.28. The van der Waals surface area contributed by atoms with Crippen LogP contribution in [-0.4, -0.2) is 16.4 Å². The molecule has 21 heavy (non-hydrogen) atoms. The SMILES string of the molecule is CC1(C)CCc2nn(CCCOc3ccccc3)c(N)c21. The number of para-hydroxylation sites is 1. The van der Waals surface area contributed by atoms with Gasteiger partial charge in [0.25, 0.3) is 0 Å².